The highest BCUT2D eigenvalue weighted by Crippen LogP contribution is 2.21. The van der Waals surface area contributed by atoms with Crippen LogP contribution in [0.2, 0.25) is 0 Å². The summed E-state index contributed by atoms with van der Waals surface area (Å²) in [5.74, 6) is 0.363. The number of anilines is 1. The van der Waals surface area contributed by atoms with Gasteiger partial charge < -0.3 is 10.4 Å². The zero-order valence-electron chi connectivity index (χ0n) is 9.91. The molecule has 6 nitrogen and oxygen atoms in total. The maximum absolute atomic E-state index is 10.7. The Labute approximate surface area is 108 Å². The Morgan fingerprint density at radius 3 is 2.89 bits per heavy atom. The Kier molecular flexibility index (Phi) is 3.52. The van der Waals surface area contributed by atoms with E-state index in [4.69, 9.17) is 5.11 Å². The van der Waals surface area contributed by atoms with Crippen LogP contribution in [0.4, 0.5) is 5.82 Å². The van der Waals surface area contributed by atoms with Crippen LogP contribution in [0.15, 0.2) is 17.6 Å². The van der Waals surface area contributed by atoms with E-state index in [1.165, 1.54) is 16.7 Å². The number of carboxylic acid groups (broad SMARTS) is 1. The predicted molar refractivity (Wildman–Crippen MR) is 67.9 cm³/mol. The number of nitrogens with zero attached hydrogens (tertiary/aromatic N) is 3. The van der Waals surface area contributed by atoms with Crippen LogP contribution in [0.3, 0.4) is 0 Å². The fraction of sp³-hybridized carbons (Fsp3) is 0.273. The van der Waals surface area contributed by atoms with E-state index in [2.05, 4.69) is 20.3 Å². The number of aromatic carboxylic acids is 1. The van der Waals surface area contributed by atoms with Crippen molar-refractivity contribution >= 4 is 23.1 Å². The lowest BCUT2D eigenvalue weighted by molar-refractivity contribution is 0.0691. The van der Waals surface area contributed by atoms with Gasteiger partial charge in [-0.25, -0.2) is 19.7 Å². The predicted octanol–water partition coefficient (Wildman–Crippen LogP) is 2.11. The molecule has 2 aromatic rings. The molecule has 1 atom stereocenters. The Morgan fingerprint density at radius 2 is 2.28 bits per heavy atom. The summed E-state index contributed by atoms with van der Waals surface area (Å²) in [4.78, 5) is 23.0. The lowest BCUT2D eigenvalue weighted by Crippen LogP contribution is -2.09. The van der Waals surface area contributed by atoms with Crippen LogP contribution in [0.1, 0.15) is 34.3 Å². The van der Waals surface area contributed by atoms with Crippen LogP contribution >= 0.6 is 11.3 Å². The third-order valence-corrected chi connectivity index (χ3v) is 3.28. The maximum atomic E-state index is 10.7. The number of rotatable bonds is 4. The SMILES string of the molecule is Cc1nccc(NC(C)c2nc(C(=O)O)cs2)n1. The normalized spacial score (nSPS) is 12.1. The summed E-state index contributed by atoms with van der Waals surface area (Å²) >= 11 is 1.31. The minimum Gasteiger partial charge on any atom is -0.476 e. The van der Waals surface area contributed by atoms with Crippen LogP contribution in [0.25, 0.3) is 0 Å². The van der Waals surface area contributed by atoms with E-state index in [9.17, 15) is 4.79 Å². The molecule has 0 aliphatic carbocycles. The summed E-state index contributed by atoms with van der Waals surface area (Å²) in [5, 5.41) is 14.2. The number of nitrogens with one attached hydrogen (secondary N) is 1. The fourth-order valence-corrected chi connectivity index (χ4v) is 2.20. The van der Waals surface area contributed by atoms with Gasteiger partial charge in [0.05, 0.1) is 6.04 Å². The fourth-order valence-electron chi connectivity index (χ4n) is 1.40. The molecule has 0 fully saturated rings. The number of hydrogen-bond acceptors (Lipinski definition) is 6. The van der Waals surface area contributed by atoms with Gasteiger partial charge >= 0.3 is 5.97 Å². The number of thiazole rings is 1. The zero-order chi connectivity index (χ0) is 13.1. The Morgan fingerprint density at radius 1 is 1.50 bits per heavy atom. The number of aromatic nitrogens is 3. The van der Waals surface area contributed by atoms with Crippen molar-refractivity contribution in [1.82, 2.24) is 15.0 Å². The van der Waals surface area contributed by atoms with Crippen molar-refractivity contribution in [1.29, 1.82) is 0 Å². The summed E-state index contributed by atoms with van der Waals surface area (Å²) in [6, 6.07) is 1.66. The van der Waals surface area contributed by atoms with Gasteiger partial charge in [-0.05, 0) is 19.9 Å². The molecule has 7 heteroatoms. The molecule has 2 rings (SSSR count). The van der Waals surface area contributed by atoms with Crippen molar-refractivity contribution in [3.05, 3.63) is 34.2 Å². The quantitative estimate of drug-likeness (QED) is 0.879. The smallest absolute Gasteiger partial charge is 0.355 e. The monoisotopic (exact) mass is 264 g/mol. The second kappa shape index (κ2) is 5.09. The number of aryl methyl sites for hydroxylation is 1. The molecule has 0 aliphatic heterocycles. The first-order valence-electron chi connectivity index (χ1n) is 5.31. The summed E-state index contributed by atoms with van der Waals surface area (Å²) in [6.45, 7) is 3.71. The summed E-state index contributed by atoms with van der Waals surface area (Å²) in [6.07, 6.45) is 1.67. The van der Waals surface area contributed by atoms with Gasteiger partial charge in [-0.3, -0.25) is 0 Å². The molecule has 0 saturated heterocycles. The minimum atomic E-state index is -1.01. The summed E-state index contributed by atoms with van der Waals surface area (Å²) in [7, 11) is 0. The average molecular weight is 264 g/mol. The van der Waals surface area contributed by atoms with E-state index in [0.717, 1.165) is 0 Å². The molecule has 2 aromatic heterocycles. The average Bonchev–Trinajstić information content (AvgIpc) is 2.78. The van der Waals surface area contributed by atoms with Crippen molar-refractivity contribution in [2.75, 3.05) is 5.32 Å². The first kappa shape index (κ1) is 12.4. The Hall–Kier alpha value is -2.02. The first-order chi connectivity index (χ1) is 8.56. The van der Waals surface area contributed by atoms with E-state index in [0.29, 0.717) is 16.6 Å². The molecule has 0 aliphatic rings. The third-order valence-electron chi connectivity index (χ3n) is 2.25. The largest absolute Gasteiger partial charge is 0.476 e. The van der Waals surface area contributed by atoms with Crippen LogP contribution in [-0.4, -0.2) is 26.0 Å². The van der Waals surface area contributed by atoms with Crippen LogP contribution in [0.5, 0.6) is 0 Å². The van der Waals surface area contributed by atoms with E-state index < -0.39 is 5.97 Å². The Bertz CT molecular complexity index is 570. The third kappa shape index (κ3) is 2.80. The lowest BCUT2D eigenvalue weighted by atomic mass is 10.3. The molecular weight excluding hydrogens is 252 g/mol. The van der Waals surface area contributed by atoms with Gasteiger partial charge in [-0.1, -0.05) is 0 Å². The van der Waals surface area contributed by atoms with Crippen molar-refractivity contribution in [3.63, 3.8) is 0 Å². The first-order valence-corrected chi connectivity index (χ1v) is 6.19. The van der Waals surface area contributed by atoms with Crippen molar-refractivity contribution in [2.45, 2.75) is 19.9 Å². The molecule has 94 valence electrons. The molecule has 0 radical (unpaired) electrons. The lowest BCUT2D eigenvalue weighted by Gasteiger charge is -2.11. The summed E-state index contributed by atoms with van der Waals surface area (Å²) < 4.78 is 0. The van der Waals surface area contributed by atoms with Crippen LogP contribution in [-0.2, 0) is 0 Å². The highest BCUT2D eigenvalue weighted by Gasteiger charge is 2.14. The number of carbonyl (C=O) groups is 1. The van der Waals surface area contributed by atoms with Gasteiger partial charge in [0.15, 0.2) is 5.69 Å². The standard InChI is InChI=1S/C11H12N4O2S/c1-6(10-15-8(5-18-10)11(16)17)13-9-3-4-12-7(2)14-9/h3-6H,1-2H3,(H,16,17)(H,12,13,14). The van der Waals surface area contributed by atoms with Gasteiger partial charge in [0, 0.05) is 11.6 Å². The molecule has 0 saturated carbocycles. The van der Waals surface area contributed by atoms with Crippen molar-refractivity contribution < 1.29 is 9.90 Å². The van der Waals surface area contributed by atoms with Crippen molar-refractivity contribution in [3.8, 4) is 0 Å². The molecular formula is C11H12N4O2S. The molecule has 1 unspecified atom stereocenters. The van der Waals surface area contributed by atoms with Crippen molar-refractivity contribution in [2.24, 2.45) is 0 Å². The van der Waals surface area contributed by atoms with Gasteiger partial charge in [0.25, 0.3) is 0 Å². The second-order valence-electron chi connectivity index (χ2n) is 3.73. The highest BCUT2D eigenvalue weighted by atomic mass is 32.1. The molecule has 0 aromatic carbocycles. The molecule has 0 bridgehead atoms. The van der Waals surface area contributed by atoms with E-state index >= 15 is 0 Å². The molecule has 18 heavy (non-hydrogen) atoms. The maximum Gasteiger partial charge on any atom is 0.355 e. The second-order valence-corrected chi connectivity index (χ2v) is 4.62. The molecule has 0 spiro atoms. The van der Waals surface area contributed by atoms with E-state index in [1.54, 1.807) is 12.3 Å². The van der Waals surface area contributed by atoms with E-state index in [1.807, 2.05) is 13.8 Å². The number of hydrogen-bond donors (Lipinski definition) is 2. The number of carboxylic acids is 1. The van der Waals surface area contributed by atoms with Crippen LogP contribution in [0, 0.1) is 6.92 Å². The van der Waals surface area contributed by atoms with Gasteiger partial charge in [-0.15, -0.1) is 11.3 Å². The summed E-state index contributed by atoms with van der Waals surface area (Å²) in [5.41, 5.74) is 0.0718. The van der Waals surface area contributed by atoms with Gasteiger partial charge in [0.2, 0.25) is 0 Å². The highest BCUT2D eigenvalue weighted by molar-refractivity contribution is 7.09. The van der Waals surface area contributed by atoms with Crippen LogP contribution < -0.4 is 5.32 Å². The molecule has 0 amide bonds. The topological polar surface area (TPSA) is 88.0 Å². The van der Waals surface area contributed by atoms with Gasteiger partial charge in [-0.2, -0.15) is 0 Å². The minimum absolute atomic E-state index is 0.0718. The van der Waals surface area contributed by atoms with Gasteiger partial charge in [0.1, 0.15) is 16.6 Å². The van der Waals surface area contributed by atoms with E-state index in [-0.39, 0.29) is 11.7 Å². The molecule has 2 heterocycles. The molecule has 2 N–H and O–H groups in total. The zero-order valence-corrected chi connectivity index (χ0v) is 10.7. The Balaban J connectivity index is 2.11.